The lowest BCUT2D eigenvalue weighted by molar-refractivity contribution is 0.0395. The maximum absolute atomic E-state index is 9.89. The molecule has 0 saturated heterocycles. The van der Waals surface area contributed by atoms with Crippen molar-refractivity contribution in [1.29, 1.82) is 0 Å². The molecule has 0 saturated carbocycles. The van der Waals surface area contributed by atoms with Crippen molar-refractivity contribution in [2.45, 2.75) is 6.23 Å². The first-order valence-corrected chi connectivity index (χ1v) is 5.68. The molecule has 0 aromatic heterocycles. The summed E-state index contributed by atoms with van der Waals surface area (Å²) in [5.74, 6) is 0. The third-order valence-corrected chi connectivity index (χ3v) is 2.81. The van der Waals surface area contributed by atoms with Crippen LogP contribution in [-0.4, -0.2) is 24.1 Å². The summed E-state index contributed by atoms with van der Waals surface area (Å²) >= 11 is 0. The lowest BCUT2D eigenvalue weighted by Crippen LogP contribution is -2.18. The van der Waals surface area contributed by atoms with E-state index in [0.29, 0.717) is 0 Å². The normalized spacial score (nSPS) is 12.7. The molecule has 2 aromatic rings. The highest BCUT2D eigenvalue weighted by molar-refractivity contribution is 5.63. The molecule has 2 heteroatoms. The Morgan fingerprint density at radius 3 is 1.88 bits per heavy atom. The molecule has 2 rings (SSSR count). The number of nitrogens with zero attached hydrogens (tertiary/aromatic N) is 1. The van der Waals surface area contributed by atoms with E-state index < -0.39 is 6.23 Å². The standard InChI is InChI=1S/C15H17NO/c1-16(2)15(17)14-10-8-13(9-11-14)12-6-4-3-5-7-12/h3-11,15,17H,1-2H3. The molecule has 88 valence electrons. The van der Waals surface area contributed by atoms with Gasteiger partial charge >= 0.3 is 0 Å². The molecule has 2 nitrogen and oxygen atoms in total. The summed E-state index contributed by atoms with van der Waals surface area (Å²) in [6.45, 7) is 0. The van der Waals surface area contributed by atoms with Crippen LogP contribution >= 0.6 is 0 Å². The molecule has 17 heavy (non-hydrogen) atoms. The van der Waals surface area contributed by atoms with Crippen molar-refractivity contribution < 1.29 is 5.11 Å². The Balaban J connectivity index is 2.25. The second-order valence-electron chi connectivity index (χ2n) is 4.33. The average molecular weight is 227 g/mol. The fourth-order valence-electron chi connectivity index (χ4n) is 1.78. The number of rotatable bonds is 3. The Labute approximate surface area is 102 Å². The van der Waals surface area contributed by atoms with Gasteiger partial charge in [-0.25, -0.2) is 0 Å². The van der Waals surface area contributed by atoms with E-state index in [1.807, 2.05) is 56.6 Å². The summed E-state index contributed by atoms with van der Waals surface area (Å²) < 4.78 is 0. The Morgan fingerprint density at radius 2 is 1.35 bits per heavy atom. The fraction of sp³-hybridized carbons (Fsp3) is 0.200. The quantitative estimate of drug-likeness (QED) is 0.815. The summed E-state index contributed by atoms with van der Waals surface area (Å²) in [6, 6.07) is 18.2. The zero-order valence-corrected chi connectivity index (χ0v) is 10.2. The molecular formula is C15H17NO. The molecule has 0 heterocycles. The van der Waals surface area contributed by atoms with Crippen LogP contribution in [0.3, 0.4) is 0 Å². The third kappa shape index (κ3) is 2.73. The van der Waals surface area contributed by atoms with Crippen molar-refractivity contribution >= 4 is 0 Å². The summed E-state index contributed by atoms with van der Waals surface area (Å²) in [7, 11) is 3.71. The average Bonchev–Trinajstić information content (AvgIpc) is 2.39. The number of hydrogen-bond acceptors (Lipinski definition) is 2. The molecule has 0 amide bonds. The van der Waals surface area contributed by atoms with Gasteiger partial charge in [-0.15, -0.1) is 0 Å². The minimum atomic E-state index is -0.542. The van der Waals surface area contributed by atoms with Crippen molar-refractivity contribution in [3.8, 4) is 11.1 Å². The molecular weight excluding hydrogens is 210 g/mol. The van der Waals surface area contributed by atoms with Gasteiger partial charge in [-0.3, -0.25) is 4.90 Å². The molecule has 1 unspecified atom stereocenters. The van der Waals surface area contributed by atoms with E-state index in [-0.39, 0.29) is 0 Å². The van der Waals surface area contributed by atoms with Crippen LogP contribution < -0.4 is 0 Å². The van der Waals surface area contributed by atoms with Gasteiger partial charge in [0.25, 0.3) is 0 Å². The van der Waals surface area contributed by atoms with Crippen LogP contribution in [0.2, 0.25) is 0 Å². The number of hydrogen-bond donors (Lipinski definition) is 1. The van der Waals surface area contributed by atoms with Crippen LogP contribution in [-0.2, 0) is 0 Å². The highest BCUT2D eigenvalue weighted by Gasteiger charge is 2.09. The van der Waals surface area contributed by atoms with E-state index in [9.17, 15) is 5.11 Å². The highest BCUT2D eigenvalue weighted by atomic mass is 16.3. The number of benzene rings is 2. The smallest absolute Gasteiger partial charge is 0.133 e. The Bertz CT molecular complexity index is 462. The molecule has 0 aliphatic rings. The van der Waals surface area contributed by atoms with Gasteiger partial charge in [-0.05, 0) is 30.8 Å². The molecule has 0 aliphatic heterocycles. The van der Waals surface area contributed by atoms with Crippen LogP contribution in [0.5, 0.6) is 0 Å². The van der Waals surface area contributed by atoms with Crippen molar-refractivity contribution in [3.05, 3.63) is 60.2 Å². The first kappa shape index (κ1) is 11.8. The zero-order valence-electron chi connectivity index (χ0n) is 10.2. The molecule has 1 N–H and O–H groups in total. The Kier molecular flexibility index (Phi) is 3.57. The second-order valence-corrected chi connectivity index (χ2v) is 4.33. The van der Waals surface area contributed by atoms with Gasteiger partial charge in [0.05, 0.1) is 0 Å². The molecule has 0 bridgehead atoms. The van der Waals surface area contributed by atoms with Crippen molar-refractivity contribution in [1.82, 2.24) is 4.90 Å². The maximum Gasteiger partial charge on any atom is 0.133 e. The van der Waals surface area contributed by atoms with Crippen LogP contribution in [0.4, 0.5) is 0 Å². The molecule has 0 fully saturated rings. The van der Waals surface area contributed by atoms with Crippen LogP contribution in [0, 0.1) is 0 Å². The van der Waals surface area contributed by atoms with Crippen molar-refractivity contribution in [3.63, 3.8) is 0 Å². The molecule has 0 spiro atoms. The predicted molar refractivity (Wildman–Crippen MR) is 70.5 cm³/mol. The SMILES string of the molecule is CN(C)C(O)c1ccc(-c2ccccc2)cc1. The van der Waals surface area contributed by atoms with Crippen molar-refractivity contribution in [2.24, 2.45) is 0 Å². The molecule has 2 aromatic carbocycles. The maximum atomic E-state index is 9.89. The van der Waals surface area contributed by atoms with Gasteiger partial charge in [0.15, 0.2) is 0 Å². The van der Waals surface area contributed by atoms with Gasteiger partial charge in [0.1, 0.15) is 6.23 Å². The molecule has 0 radical (unpaired) electrons. The van der Waals surface area contributed by atoms with E-state index in [4.69, 9.17) is 0 Å². The highest BCUT2D eigenvalue weighted by Crippen LogP contribution is 2.22. The van der Waals surface area contributed by atoms with Crippen molar-refractivity contribution in [2.75, 3.05) is 14.1 Å². The summed E-state index contributed by atoms with van der Waals surface area (Å²) in [4.78, 5) is 1.78. The monoisotopic (exact) mass is 227 g/mol. The van der Waals surface area contributed by atoms with Gasteiger partial charge in [0.2, 0.25) is 0 Å². The summed E-state index contributed by atoms with van der Waals surface area (Å²) in [5.41, 5.74) is 3.27. The lowest BCUT2D eigenvalue weighted by atomic mass is 10.0. The lowest BCUT2D eigenvalue weighted by Gasteiger charge is -2.18. The topological polar surface area (TPSA) is 23.5 Å². The summed E-state index contributed by atoms with van der Waals surface area (Å²) in [5, 5.41) is 9.89. The third-order valence-electron chi connectivity index (χ3n) is 2.81. The van der Waals surface area contributed by atoms with Crippen LogP contribution in [0.1, 0.15) is 11.8 Å². The van der Waals surface area contributed by atoms with Gasteiger partial charge in [-0.1, -0.05) is 54.6 Å². The summed E-state index contributed by atoms with van der Waals surface area (Å²) in [6.07, 6.45) is -0.542. The predicted octanol–water partition coefficient (Wildman–Crippen LogP) is 2.91. The Morgan fingerprint density at radius 1 is 0.824 bits per heavy atom. The van der Waals surface area contributed by atoms with E-state index in [0.717, 1.165) is 5.56 Å². The van der Waals surface area contributed by atoms with E-state index in [1.165, 1.54) is 11.1 Å². The van der Waals surface area contributed by atoms with E-state index in [2.05, 4.69) is 12.1 Å². The van der Waals surface area contributed by atoms with E-state index >= 15 is 0 Å². The number of aliphatic hydroxyl groups excluding tert-OH is 1. The first-order valence-electron chi connectivity index (χ1n) is 5.68. The fourth-order valence-corrected chi connectivity index (χ4v) is 1.78. The minimum absolute atomic E-state index is 0.542. The van der Waals surface area contributed by atoms with Crippen LogP contribution in [0.15, 0.2) is 54.6 Å². The second kappa shape index (κ2) is 5.13. The molecule has 1 atom stereocenters. The van der Waals surface area contributed by atoms with Gasteiger partial charge in [-0.2, -0.15) is 0 Å². The first-order chi connectivity index (χ1) is 8.18. The van der Waals surface area contributed by atoms with Gasteiger partial charge in [0, 0.05) is 0 Å². The van der Waals surface area contributed by atoms with Crippen LogP contribution in [0.25, 0.3) is 11.1 Å². The zero-order chi connectivity index (χ0) is 12.3. The van der Waals surface area contributed by atoms with E-state index in [1.54, 1.807) is 4.90 Å². The molecule has 0 aliphatic carbocycles. The Hall–Kier alpha value is -1.64. The largest absolute Gasteiger partial charge is 0.374 e. The minimum Gasteiger partial charge on any atom is -0.374 e. The number of aliphatic hydroxyl groups is 1. The van der Waals surface area contributed by atoms with Gasteiger partial charge < -0.3 is 5.11 Å².